The van der Waals surface area contributed by atoms with Gasteiger partial charge in [-0.15, -0.1) is 0 Å². The Hall–Kier alpha value is -6.85. The van der Waals surface area contributed by atoms with E-state index in [-0.39, 0.29) is 0 Å². The topological polar surface area (TPSA) is 48.0 Å². The number of aromatic nitrogens is 5. The van der Waals surface area contributed by atoms with E-state index in [9.17, 15) is 0 Å². The van der Waals surface area contributed by atoms with Crippen LogP contribution in [0.25, 0.3) is 99.8 Å². The molecule has 11 aromatic rings. The molecular weight excluding hydrogens is 683 g/mol. The van der Waals surface area contributed by atoms with E-state index in [0.29, 0.717) is 23.5 Å². The highest BCUT2D eigenvalue weighted by atomic mass is 15.2. The molecule has 12 rings (SSSR count). The van der Waals surface area contributed by atoms with Crippen LogP contribution in [0.1, 0.15) is 43.6 Å². The molecule has 0 spiro atoms. The summed E-state index contributed by atoms with van der Waals surface area (Å²) < 4.78 is 4.66. The predicted octanol–water partition coefficient (Wildman–Crippen LogP) is 13.2. The number of para-hydroxylation sites is 4. The fourth-order valence-electron chi connectivity index (χ4n) is 9.75. The van der Waals surface area contributed by atoms with Gasteiger partial charge in [0, 0.05) is 43.4 Å². The maximum absolute atomic E-state index is 5.37. The second-order valence-corrected chi connectivity index (χ2v) is 15.4. The number of hydrogen-bond donors (Lipinski definition) is 0. The van der Waals surface area contributed by atoms with Crippen molar-refractivity contribution < 1.29 is 0 Å². The van der Waals surface area contributed by atoms with Crippen molar-refractivity contribution in [3.05, 3.63) is 163 Å². The van der Waals surface area contributed by atoms with Gasteiger partial charge in [-0.2, -0.15) is 9.97 Å². The smallest absolute Gasteiger partial charge is 0.238 e. The molecule has 0 bridgehead atoms. The largest absolute Gasteiger partial charge is 0.308 e. The third kappa shape index (κ3) is 4.70. The van der Waals surface area contributed by atoms with Crippen LogP contribution in [0, 0.1) is 0 Å². The zero-order chi connectivity index (χ0) is 36.7. The van der Waals surface area contributed by atoms with Gasteiger partial charge >= 0.3 is 0 Å². The van der Waals surface area contributed by atoms with Crippen LogP contribution < -0.4 is 0 Å². The Labute approximate surface area is 323 Å². The van der Waals surface area contributed by atoms with Crippen molar-refractivity contribution in [2.24, 2.45) is 0 Å². The van der Waals surface area contributed by atoms with E-state index >= 15 is 0 Å². The number of fused-ring (bicyclic) bond motifs is 9. The molecule has 0 saturated heterocycles. The molecule has 5 nitrogen and oxygen atoms in total. The molecule has 4 aromatic heterocycles. The molecule has 0 unspecified atom stereocenters. The van der Waals surface area contributed by atoms with Crippen molar-refractivity contribution in [1.82, 2.24) is 23.9 Å². The zero-order valence-corrected chi connectivity index (χ0v) is 30.9. The van der Waals surface area contributed by atoms with Crippen molar-refractivity contribution in [1.29, 1.82) is 0 Å². The molecule has 0 amide bonds. The van der Waals surface area contributed by atoms with Crippen LogP contribution in [-0.2, 0) is 0 Å². The summed E-state index contributed by atoms with van der Waals surface area (Å²) in [7, 11) is 0. The summed E-state index contributed by atoms with van der Waals surface area (Å²) in [5, 5.41) is 7.46. The lowest BCUT2D eigenvalue weighted by molar-refractivity contribution is 0.443. The molecule has 0 atom stereocenters. The molecular formula is C51H37N5. The van der Waals surface area contributed by atoms with Crippen LogP contribution >= 0.6 is 0 Å². The van der Waals surface area contributed by atoms with Gasteiger partial charge in [0.15, 0.2) is 11.6 Å². The van der Waals surface area contributed by atoms with Crippen LogP contribution in [0.4, 0.5) is 0 Å². The SMILES string of the molecule is c1cc(-c2nc(-c3ccccc3-c3ccc4c5cccc6c7ccccc7n(c4c3)c65)nc(-n3c4ccccc4c4ccccc43)n2)cc(C2CCCCC2)c1. The van der Waals surface area contributed by atoms with Crippen molar-refractivity contribution >= 4 is 59.9 Å². The van der Waals surface area contributed by atoms with Crippen molar-refractivity contribution in [3.8, 4) is 39.9 Å². The summed E-state index contributed by atoms with van der Waals surface area (Å²) in [4.78, 5) is 16.0. The average Bonchev–Trinajstić information content (AvgIpc) is 3.92. The van der Waals surface area contributed by atoms with Crippen molar-refractivity contribution in [2.45, 2.75) is 38.0 Å². The summed E-state index contributed by atoms with van der Waals surface area (Å²) in [6.07, 6.45) is 6.39. The van der Waals surface area contributed by atoms with Crippen LogP contribution in [0.5, 0.6) is 0 Å². The van der Waals surface area contributed by atoms with E-state index < -0.39 is 0 Å². The van der Waals surface area contributed by atoms with Crippen molar-refractivity contribution in [3.63, 3.8) is 0 Å². The molecule has 4 heterocycles. The Kier molecular flexibility index (Phi) is 6.94. The first-order valence-electron chi connectivity index (χ1n) is 19.9. The number of hydrogen-bond acceptors (Lipinski definition) is 3. The van der Waals surface area contributed by atoms with E-state index in [2.05, 4.69) is 167 Å². The molecule has 0 aliphatic heterocycles. The van der Waals surface area contributed by atoms with Crippen LogP contribution in [0.3, 0.4) is 0 Å². The third-order valence-electron chi connectivity index (χ3n) is 12.3. The normalized spacial score (nSPS) is 14.0. The number of benzene rings is 7. The highest BCUT2D eigenvalue weighted by molar-refractivity contribution is 6.23. The first-order chi connectivity index (χ1) is 27.8. The lowest BCUT2D eigenvalue weighted by Crippen LogP contribution is -2.07. The minimum Gasteiger partial charge on any atom is -0.308 e. The second-order valence-electron chi connectivity index (χ2n) is 15.4. The molecule has 56 heavy (non-hydrogen) atoms. The number of rotatable bonds is 5. The highest BCUT2D eigenvalue weighted by Gasteiger charge is 2.22. The quantitative estimate of drug-likeness (QED) is 0.178. The van der Waals surface area contributed by atoms with E-state index in [0.717, 1.165) is 33.3 Å². The Morgan fingerprint density at radius 2 is 1.00 bits per heavy atom. The van der Waals surface area contributed by atoms with Crippen LogP contribution in [0.15, 0.2) is 158 Å². The van der Waals surface area contributed by atoms with Gasteiger partial charge in [-0.05, 0) is 65.8 Å². The predicted molar refractivity (Wildman–Crippen MR) is 231 cm³/mol. The molecule has 1 aliphatic carbocycles. The molecule has 1 aliphatic rings. The van der Waals surface area contributed by atoms with Gasteiger partial charge in [0.1, 0.15) is 0 Å². The van der Waals surface area contributed by atoms with Crippen molar-refractivity contribution in [2.75, 3.05) is 0 Å². The van der Waals surface area contributed by atoms with E-state index in [1.807, 2.05) is 0 Å². The van der Waals surface area contributed by atoms with Crippen LogP contribution in [0.2, 0.25) is 0 Å². The fourth-order valence-corrected chi connectivity index (χ4v) is 9.75. The van der Waals surface area contributed by atoms with Gasteiger partial charge in [0.25, 0.3) is 0 Å². The molecule has 1 saturated carbocycles. The standard InChI is InChI=1S/C51H37N5/c1-2-14-32(15-3-1)33-16-12-17-35(30-33)49-52-50(54-51(53-49)56-45-26-10-6-19-37(45)38-20-7-11-27-46(38)56)43-22-5-4-18-36(43)34-28-29-40-42-24-13-23-41-39-21-8-9-25-44(39)55(48(41)42)47(40)31-34/h4-13,16-32H,1-3,14-15H2. The summed E-state index contributed by atoms with van der Waals surface area (Å²) in [6.45, 7) is 0. The Balaban J connectivity index is 1.09. The third-order valence-corrected chi connectivity index (χ3v) is 12.3. The number of nitrogens with zero attached hydrogens (tertiary/aromatic N) is 5. The molecule has 7 aromatic carbocycles. The Bertz CT molecular complexity index is 3250. The van der Waals surface area contributed by atoms with Gasteiger partial charge in [-0.1, -0.05) is 147 Å². The zero-order valence-electron chi connectivity index (χ0n) is 30.9. The molecule has 0 radical (unpaired) electrons. The summed E-state index contributed by atoms with van der Waals surface area (Å²) in [5.74, 6) is 2.53. The first kappa shape index (κ1) is 31.5. The maximum atomic E-state index is 5.37. The molecule has 5 heteroatoms. The monoisotopic (exact) mass is 719 g/mol. The Morgan fingerprint density at radius 3 is 1.75 bits per heavy atom. The average molecular weight is 720 g/mol. The molecule has 0 N–H and O–H groups in total. The molecule has 1 fully saturated rings. The highest BCUT2D eigenvalue weighted by Crippen LogP contribution is 2.42. The van der Waals surface area contributed by atoms with E-state index in [1.165, 1.54) is 86.5 Å². The minimum absolute atomic E-state index is 0.576. The maximum Gasteiger partial charge on any atom is 0.238 e. The summed E-state index contributed by atoms with van der Waals surface area (Å²) in [5.41, 5.74) is 11.4. The lowest BCUT2D eigenvalue weighted by Gasteiger charge is -2.22. The van der Waals surface area contributed by atoms with Gasteiger partial charge in [-0.25, -0.2) is 4.98 Å². The second kappa shape index (κ2) is 12.3. The van der Waals surface area contributed by atoms with Gasteiger partial charge < -0.3 is 4.40 Å². The summed E-state index contributed by atoms with van der Waals surface area (Å²) in [6, 6.07) is 57.0. The summed E-state index contributed by atoms with van der Waals surface area (Å²) >= 11 is 0. The van der Waals surface area contributed by atoms with E-state index in [1.54, 1.807) is 0 Å². The van der Waals surface area contributed by atoms with Gasteiger partial charge in [0.2, 0.25) is 5.95 Å². The molecule has 266 valence electrons. The van der Waals surface area contributed by atoms with E-state index in [4.69, 9.17) is 15.0 Å². The Morgan fingerprint density at radius 1 is 0.411 bits per heavy atom. The first-order valence-corrected chi connectivity index (χ1v) is 19.9. The fraction of sp³-hybridized carbons (Fsp3) is 0.118. The lowest BCUT2D eigenvalue weighted by atomic mass is 9.83. The van der Waals surface area contributed by atoms with Crippen LogP contribution in [-0.4, -0.2) is 23.9 Å². The van der Waals surface area contributed by atoms with Gasteiger partial charge in [0.05, 0.1) is 27.6 Å². The van der Waals surface area contributed by atoms with Gasteiger partial charge in [-0.3, -0.25) is 4.57 Å². The minimum atomic E-state index is 0.576.